The molecule has 0 aliphatic carbocycles. The zero-order valence-electron chi connectivity index (χ0n) is 7.73. The molecule has 0 N–H and O–H groups in total. The summed E-state index contributed by atoms with van der Waals surface area (Å²) in [5.41, 5.74) is 0.455. The fourth-order valence-electron chi connectivity index (χ4n) is 0.703. The maximum absolute atomic E-state index is 10.3. The molecule has 0 aliphatic heterocycles. The second-order valence-corrected chi connectivity index (χ2v) is 3.12. The summed E-state index contributed by atoms with van der Waals surface area (Å²) in [6.45, 7) is 4.67. The van der Waals surface area contributed by atoms with Crippen LogP contribution in [0, 0.1) is 5.92 Å². The Balaban J connectivity index is 2.54. The first-order valence-electron chi connectivity index (χ1n) is 4.12. The van der Waals surface area contributed by atoms with E-state index in [0.717, 1.165) is 0 Å². The second kappa shape index (κ2) is 4.54. The molecule has 4 nitrogen and oxygen atoms in total. The van der Waals surface area contributed by atoms with Crippen molar-refractivity contribution >= 4 is 6.29 Å². The number of hydrogen-bond acceptors (Lipinski definition) is 4. The molecule has 0 aromatic carbocycles. The second-order valence-electron chi connectivity index (χ2n) is 3.12. The van der Waals surface area contributed by atoms with Crippen molar-refractivity contribution in [1.29, 1.82) is 0 Å². The van der Waals surface area contributed by atoms with E-state index in [0.29, 0.717) is 30.4 Å². The van der Waals surface area contributed by atoms with Crippen molar-refractivity contribution in [2.24, 2.45) is 5.92 Å². The third-order valence-electron chi connectivity index (χ3n) is 1.33. The lowest BCUT2D eigenvalue weighted by molar-refractivity contribution is 0.112. The van der Waals surface area contributed by atoms with Gasteiger partial charge in [-0.2, -0.15) is 0 Å². The first-order valence-corrected chi connectivity index (χ1v) is 4.12. The van der Waals surface area contributed by atoms with Crippen molar-refractivity contribution in [2.75, 3.05) is 6.61 Å². The topological polar surface area (TPSA) is 52.1 Å². The minimum atomic E-state index is 0.319. The zero-order valence-corrected chi connectivity index (χ0v) is 7.73. The highest BCUT2D eigenvalue weighted by Crippen LogP contribution is 2.02. The average molecular weight is 180 g/mol. The van der Waals surface area contributed by atoms with Gasteiger partial charge in [0.2, 0.25) is 0 Å². The van der Waals surface area contributed by atoms with Gasteiger partial charge in [0.25, 0.3) is 0 Å². The van der Waals surface area contributed by atoms with Gasteiger partial charge in [0.15, 0.2) is 6.29 Å². The Hall–Kier alpha value is -1.45. The molecule has 1 aromatic heterocycles. The van der Waals surface area contributed by atoms with Gasteiger partial charge in [-0.05, 0) is 5.92 Å². The average Bonchev–Trinajstić information content (AvgIpc) is 2.15. The molecule has 0 bridgehead atoms. The summed E-state index contributed by atoms with van der Waals surface area (Å²) in [5, 5.41) is 0. The number of aromatic nitrogens is 2. The zero-order chi connectivity index (χ0) is 9.68. The molecule has 0 radical (unpaired) electrons. The highest BCUT2D eigenvalue weighted by atomic mass is 16.5. The lowest BCUT2D eigenvalue weighted by atomic mass is 10.2. The van der Waals surface area contributed by atoms with E-state index >= 15 is 0 Å². The Morgan fingerprint density at radius 1 is 1.46 bits per heavy atom. The van der Waals surface area contributed by atoms with Gasteiger partial charge in [0.05, 0.1) is 12.2 Å². The van der Waals surface area contributed by atoms with Gasteiger partial charge in [0.1, 0.15) is 0 Å². The van der Waals surface area contributed by atoms with E-state index in [2.05, 4.69) is 9.97 Å². The molecule has 0 saturated carbocycles. The number of ether oxygens (including phenoxy) is 1. The van der Waals surface area contributed by atoms with E-state index in [1.54, 1.807) is 0 Å². The maximum atomic E-state index is 10.3. The third kappa shape index (κ3) is 3.19. The summed E-state index contributed by atoms with van der Waals surface area (Å²) in [5.74, 6) is 0.439. The van der Waals surface area contributed by atoms with Crippen molar-refractivity contribution in [3.05, 3.63) is 18.0 Å². The van der Waals surface area contributed by atoms with E-state index < -0.39 is 0 Å². The van der Waals surface area contributed by atoms with Crippen LogP contribution in [0.4, 0.5) is 0 Å². The fraction of sp³-hybridized carbons (Fsp3) is 0.444. The Bertz CT molecular complexity index is 269. The summed E-state index contributed by atoms with van der Waals surface area (Å²) in [7, 11) is 0. The number of carbonyl (C=O) groups is 1. The van der Waals surface area contributed by atoms with E-state index in [9.17, 15) is 4.79 Å². The lowest BCUT2D eigenvalue weighted by Gasteiger charge is -2.05. The Morgan fingerprint density at radius 2 is 2.08 bits per heavy atom. The SMILES string of the molecule is CC(C)COc1ncc(C=O)cn1. The van der Waals surface area contributed by atoms with E-state index in [1.165, 1.54) is 12.4 Å². The van der Waals surface area contributed by atoms with Crippen LogP contribution in [-0.4, -0.2) is 22.9 Å². The van der Waals surface area contributed by atoms with Gasteiger partial charge < -0.3 is 4.74 Å². The minimum absolute atomic E-state index is 0.319. The molecular weight excluding hydrogens is 168 g/mol. The van der Waals surface area contributed by atoms with Crippen molar-refractivity contribution < 1.29 is 9.53 Å². The molecular formula is C9H12N2O2. The standard InChI is InChI=1S/C9H12N2O2/c1-7(2)6-13-9-10-3-8(5-12)4-11-9/h3-5,7H,6H2,1-2H3. The highest BCUT2D eigenvalue weighted by molar-refractivity contribution is 5.73. The van der Waals surface area contributed by atoms with Crippen LogP contribution >= 0.6 is 0 Å². The van der Waals surface area contributed by atoms with Crippen molar-refractivity contribution in [3.8, 4) is 6.01 Å². The monoisotopic (exact) mass is 180 g/mol. The van der Waals surface area contributed by atoms with Crippen molar-refractivity contribution in [2.45, 2.75) is 13.8 Å². The number of aldehydes is 1. The molecule has 0 unspecified atom stereocenters. The first-order chi connectivity index (χ1) is 6.22. The first kappa shape index (κ1) is 9.64. The van der Waals surface area contributed by atoms with Gasteiger partial charge >= 0.3 is 6.01 Å². The summed E-state index contributed by atoms with van der Waals surface area (Å²) in [4.78, 5) is 18.0. The molecule has 0 atom stereocenters. The van der Waals surface area contributed by atoms with Crippen LogP contribution in [-0.2, 0) is 0 Å². The maximum Gasteiger partial charge on any atom is 0.316 e. The number of carbonyl (C=O) groups excluding carboxylic acids is 1. The normalized spacial score (nSPS) is 10.1. The number of nitrogens with zero attached hydrogens (tertiary/aromatic N) is 2. The molecule has 70 valence electrons. The molecule has 0 aliphatic rings. The largest absolute Gasteiger partial charge is 0.463 e. The molecule has 1 rings (SSSR count). The molecule has 0 spiro atoms. The number of rotatable bonds is 4. The van der Waals surface area contributed by atoms with Crippen LogP contribution < -0.4 is 4.74 Å². The molecule has 1 heterocycles. The van der Waals surface area contributed by atoms with Gasteiger partial charge in [-0.3, -0.25) is 4.79 Å². The summed E-state index contributed by atoms with van der Waals surface area (Å²) >= 11 is 0. The molecule has 1 aromatic rings. The predicted molar refractivity (Wildman–Crippen MR) is 47.8 cm³/mol. The van der Waals surface area contributed by atoms with Gasteiger partial charge in [-0.1, -0.05) is 13.8 Å². The van der Waals surface area contributed by atoms with Crippen LogP contribution in [0.3, 0.4) is 0 Å². The summed E-state index contributed by atoms with van der Waals surface area (Å²) < 4.78 is 5.23. The molecule has 0 fully saturated rings. The lowest BCUT2D eigenvalue weighted by Crippen LogP contribution is -2.06. The predicted octanol–water partition coefficient (Wildman–Crippen LogP) is 1.32. The molecule has 0 amide bonds. The quantitative estimate of drug-likeness (QED) is 0.656. The van der Waals surface area contributed by atoms with Crippen LogP contribution in [0.15, 0.2) is 12.4 Å². The summed E-state index contributed by atoms with van der Waals surface area (Å²) in [6, 6.07) is 0.319. The molecule has 4 heteroatoms. The van der Waals surface area contributed by atoms with Crippen LogP contribution in [0.25, 0.3) is 0 Å². The smallest absolute Gasteiger partial charge is 0.316 e. The summed E-state index contributed by atoms with van der Waals surface area (Å²) in [6.07, 6.45) is 3.58. The fourth-order valence-corrected chi connectivity index (χ4v) is 0.703. The Labute approximate surface area is 77.0 Å². The number of hydrogen-bond donors (Lipinski definition) is 0. The molecule has 0 saturated heterocycles. The van der Waals surface area contributed by atoms with Crippen LogP contribution in [0.1, 0.15) is 24.2 Å². The van der Waals surface area contributed by atoms with Crippen LogP contribution in [0.2, 0.25) is 0 Å². The highest BCUT2D eigenvalue weighted by Gasteiger charge is 1.99. The Morgan fingerprint density at radius 3 is 2.54 bits per heavy atom. The third-order valence-corrected chi connectivity index (χ3v) is 1.33. The Kier molecular flexibility index (Phi) is 3.37. The van der Waals surface area contributed by atoms with Gasteiger partial charge in [0, 0.05) is 12.4 Å². The van der Waals surface area contributed by atoms with E-state index in [1.807, 2.05) is 13.8 Å². The van der Waals surface area contributed by atoms with Crippen LogP contribution in [0.5, 0.6) is 6.01 Å². The van der Waals surface area contributed by atoms with Gasteiger partial charge in [-0.15, -0.1) is 0 Å². The van der Waals surface area contributed by atoms with Crippen molar-refractivity contribution in [3.63, 3.8) is 0 Å². The van der Waals surface area contributed by atoms with Crippen molar-refractivity contribution in [1.82, 2.24) is 9.97 Å². The minimum Gasteiger partial charge on any atom is -0.463 e. The van der Waals surface area contributed by atoms with E-state index in [4.69, 9.17) is 4.74 Å². The van der Waals surface area contributed by atoms with E-state index in [-0.39, 0.29) is 0 Å². The van der Waals surface area contributed by atoms with Gasteiger partial charge in [-0.25, -0.2) is 9.97 Å². The molecule has 13 heavy (non-hydrogen) atoms.